The van der Waals surface area contributed by atoms with Gasteiger partial charge in [-0.05, 0) is 24.2 Å². The second-order valence-corrected chi connectivity index (χ2v) is 7.18. The molecule has 0 aromatic heterocycles. The fraction of sp³-hybridized carbons (Fsp3) is 1.00. The maximum atomic E-state index is 11.2. The Bertz CT molecular complexity index is 232. The van der Waals surface area contributed by atoms with Gasteiger partial charge >= 0.3 is 0 Å². The van der Waals surface area contributed by atoms with Gasteiger partial charge in [-0.2, -0.15) is 4.21 Å². The zero-order chi connectivity index (χ0) is 9.41. The van der Waals surface area contributed by atoms with Crippen LogP contribution in [0.1, 0.15) is 33.6 Å². The quantitative estimate of drug-likeness (QED) is 0.540. The van der Waals surface area contributed by atoms with Crippen molar-refractivity contribution in [1.29, 1.82) is 0 Å². The molecule has 0 aromatic carbocycles. The van der Waals surface area contributed by atoms with Crippen LogP contribution in [0, 0.1) is 11.3 Å². The van der Waals surface area contributed by atoms with Crippen LogP contribution in [0.5, 0.6) is 0 Å². The minimum Gasteiger partial charge on any atom is -0.229 e. The summed E-state index contributed by atoms with van der Waals surface area (Å²) < 4.78 is 20.5. The van der Waals surface area contributed by atoms with E-state index in [-0.39, 0.29) is 0 Å². The first kappa shape index (κ1) is 10.0. The van der Waals surface area contributed by atoms with E-state index < -0.39 is 9.84 Å². The molecule has 0 bridgehead atoms. The van der Waals surface area contributed by atoms with Gasteiger partial charge in [0, 0.05) is 0 Å². The van der Waals surface area contributed by atoms with Crippen molar-refractivity contribution in [3.05, 3.63) is 0 Å². The van der Waals surface area contributed by atoms with E-state index in [1.807, 2.05) is 0 Å². The highest BCUT2D eigenvalue weighted by molar-refractivity contribution is 7.91. The summed E-state index contributed by atoms with van der Waals surface area (Å²) in [5, 5.41) is 0. The van der Waals surface area contributed by atoms with Crippen molar-refractivity contribution in [2.24, 2.45) is 11.3 Å². The van der Waals surface area contributed by atoms with Crippen LogP contribution in [-0.2, 0) is 9.84 Å². The largest absolute Gasteiger partial charge is 0.273 e. The molecule has 72 valence electrons. The van der Waals surface area contributed by atoms with Crippen LogP contribution in [0.3, 0.4) is 0 Å². The Kier molecular flexibility index (Phi) is 2.52. The van der Waals surface area contributed by atoms with Gasteiger partial charge in [0.15, 0.2) is 0 Å². The van der Waals surface area contributed by atoms with Crippen molar-refractivity contribution in [2.75, 3.05) is 11.5 Å². The van der Waals surface area contributed by atoms with E-state index in [0.29, 0.717) is 22.8 Å². The standard InChI is InChI=1S/C9H18O2S/c1-9(2,3)8-4-6-12(10,11)7-5-8/h8H,4-7H2,1-3H3/p+1. The number of rotatable bonds is 0. The molecule has 1 aliphatic rings. The fourth-order valence-electron chi connectivity index (χ4n) is 1.77. The minimum absolute atomic E-state index is 0.302. The van der Waals surface area contributed by atoms with Crippen molar-refractivity contribution >= 4 is 9.84 Å². The molecule has 0 aromatic rings. The molecule has 1 heterocycles. The Balaban J connectivity index is 2.58. The Labute approximate surface area is 75.3 Å². The van der Waals surface area contributed by atoms with Gasteiger partial charge in [0.1, 0.15) is 0 Å². The first-order valence-corrected chi connectivity index (χ1v) is 6.38. The Morgan fingerprint density at radius 2 is 1.67 bits per heavy atom. The molecule has 1 fully saturated rings. The second kappa shape index (κ2) is 3.02. The summed E-state index contributed by atoms with van der Waals surface area (Å²) in [6.45, 7) is 6.63. The molecule has 0 radical (unpaired) electrons. The minimum atomic E-state index is -2.43. The number of hydrogen-bond acceptors (Lipinski definition) is 1. The molecule has 0 atom stereocenters. The molecule has 0 spiro atoms. The lowest BCUT2D eigenvalue weighted by Crippen LogP contribution is -2.31. The first-order valence-electron chi connectivity index (χ1n) is 4.53. The van der Waals surface area contributed by atoms with E-state index in [9.17, 15) is 8.42 Å². The molecule has 12 heavy (non-hydrogen) atoms. The van der Waals surface area contributed by atoms with Gasteiger partial charge in [0.2, 0.25) is 0 Å². The fourth-order valence-corrected chi connectivity index (χ4v) is 3.28. The van der Waals surface area contributed by atoms with E-state index in [0.717, 1.165) is 12.8 Å². The highest BCUT2D eigenvalue weighted by Gasteiger charge is 2.33. The Morgan fingerprint density at radius 3 is 2.00 bits per heavy atom. The van der Waals surface area contributed by atoms with E-state index in [1.165, 1.54) is 0 Å². The third-order valence-corrected chi connectivity index (χ3v) is 4.54. The molecular weight excluding hydrogens is 172 g/mol. The van der Waals surface area contributed by atoms with Gasteiger partial charge in [-0.15, -0.1) is 0 Å². The van der Waals surface area contributed by atoms with E-state index >= 15 is 0 Å². The molecule has 3 heteroatoms. The molecule has 1 N–H and O–H groups in total. The summed E-state index contributed by atoms with van der Waals surface area (Å²) >= 11 is 0. The molecule has 1 aliphatic heterocycles. The van der Waals surface area contributed by atoms with Gasteiger partial charge in [-0.25, -0.2) is 4.21 Å². The third-order valence-electron chi connectivity index (χ3n) is 2.80. The summed E-state index contributed by atoms with van der Waals surface area (Å²) in [5.74, 6) is 1.64. The molecule has 1 saturated heterocycles. The SMILES string of the molecule is CC(C)(C)C1CCS(=O)(=[OH+])CC1. The van der Waals surface area contributed by atoms with E-state index in [2.05, 4.69) is 20.8 Å². The first-order chi connectivity index (χ1) is 5.31. The van der Waals surface area contributed by atoms with E-state index in [1.54, 1.807) is 0 Å². The van der Waals surface area contributed by atoms with Crippen LogP contribution in [0.4, 0.5) is 0 Å². The normalized spacial score (nSPS) is 38.1. The molecule has 2 nitrogen and oxygen atoms in total. The predicted molar refractivity (Wildman–Crippen MR) is 52.0 cm³/mol. The van der Waals surface area contributed by atoms with Crippen LogP contribution >= 0.6 is 0 Å². The van der Waals surface area contributed by atoms with Gasteiger partial charge in [-0.1, -0.05) is 20.8 Å². The van der Waals surface area contributed by atoms with Gasteiger partial charge in [0.25, 0.3) is 9.84 Å². The molecule has 1 rings (SSSR count). The maximum Gasteiger partial charge on any atom is 0.273 e. The van der Waals surface area contributed by atoms with Crippen LogP contribution in [-0.4, -0.2) is 19.9 Å². The average molecular weight is 191 g/mol. The molecular formula is C9H19O2S+. The lowest BCUT2D eigenvalue weighted by Gasteiger charge is -2.32. The molecule has 0 amide bonds. The highest BCUT2D eigenvalue weighted by atomic mass is 32.2. The Morgan fingerprint density at radius 1 is 1.25 bits per heavy atom. The van der Waals surface area contributed by atoms with Crippen molar-refractivity contribution in [3.63, 3.8) is 0 Å². The van der Waals surface area contributed by atoms with Crippen LogP contribution in [0.15, 0.2) is 0 Å². The summed E-state index contributed by atoms with van der Waals surface area (Å²) in [6.07, 6.45) is 1.83. The zero-order valence-electron chi connectivity index (χ0n) is 8.17. The van der Waals surface area contributed by atoms with Crippen LogP contribution in [0.2, 0.25) is 0 Å². The van der Waals surface area contributed by atoms with Crippen molar-refractivity contribution in [3.8, 4) is 0 Å². The molecule has 0 unspecified atom stereocenters. The molecule has 0 saturated carbocycles. The van der Waals surface area contributed by atoms with Gasteiger partial charge in [-0.3, -0.25) is 0 Å². The summed E-state index contributed by atoms with van der Waals surface area (Å²) in [4.78, 5) is 0. The smallest absolute Gasteiger partial charge is 0.229 e. The van der Waals surface area contributed by atoms with Gasteiger partial charge in [0.05, 0.1) is 11.5 Å². The summed E-state index contributed by atoms with van der Waals surface area (Å²) in [7, 11) is -2.43. The number of hydrogen-bond donors (Lipinski definition) is 0. The summed E-state index contributed by atoms with van der Waals surface area (Å²) in [6, 6.07) is 0. The molecule has 0 aliphatic carbocycles. The lowest BCUT2D eigenvalue weighted by atomic mass is 9.77. The van der Waals surface area contributed by atoms with Crippen molar-refractivity contribution in [1.82, 2.24) is 0 Å². The second-order valence-electron chi connectivity index (χ2n) is 4.82. The highest BCUT2D eigenvalue weighted by Crippen LogP contribution is 2.34. The summed E-state index contributed by atoms with van der Waals surface area (Å²) in [5.41, 5.74) is 0.302. The van der Waals surface area contributed by atoms with Crippen LogP contribution in [0.25, 0.3) is 0 Å². The third kappa shape index (κ3) is 2.47. The van der Waals surface area contributed by atoms with Crippen molar-refractivity contribution in [2.45, 2.75) is 33.6 Å². The zero-order valence-corrected chi connectivity index (χ0v) is 8.99. The Hall–Kier alpha value is -0.0500. The van der Waals surface area contributed by atoms with Crippen molar-refractivity contribution < 1.29 is 8.42 Å². The van der Waals surface area contributed by atoms with Crippen LogP contribution < -0.4 is 0 Å². The van der Waals surface area contributed by atoms with E-state index in [4.69, 9.17) is 0 Å². The van der Waals surface area contributed by atoms with Gasteiger partial charge < -0.3 is 0 Å². The lowest BCUT2D eigenvalue weighted by molar-refractivity contribution is 0.222. The topological polar surface area (TPSA) is 38.5 Å². The average Bonchev–Trinajstić information content (AvgIpc) is 1.83. The maximum absolute atomic E-state index is 11.2. The monoisotopic (exact) mass is 191 g/mol. The predicted octanol–water partition coefficient (Wildman–Crippen LogP) is 2.01.